The van der Waals surface area contributed by atoms with Crippen LogP contribution in [0.3, 0.4) is 0 Å². The number of aryl methyl sites for hydroxylation is 2. The second-order valence-corrected chi connectivity index (χ2v) is 6.93. The highest BCUT2D eigenvalue weighted by Gasteiger charge is 2.15. The van der Waals surface area contributed by atoms with Crippen LogP contribution in [0.4, 0.5) is 11.5 Å². The van der Waals surface area contributed by atoms with E-state index >= 15 is 0 Å². The van der Waals surface area contributed by atoms with E-state index in [1.54, 1.807) is 13.0 Å². The highest BCUT2D eigenvalue weighted by Crippen LogP contribution is 2.32. The Balaban J connectivity index is 1.48. The third kappa shape index (κ3) is 4.13. The highest BCUT2D eigenvalue weighted by molar-refractivity contribution is 5.93. The van der Waals surface area contributed by atoms with E-state index in [9.17, 15) is 4.79 Å². The molecule has 0 saturated carbocycles. The number of nitrogens with one attached hydrogen (secondary N) is 2. The molecule has 1 amide bonds. The second-order valence-electron chi connectivity index (χ2n) is 6.93. The van der Waals surface area contributed by atoms with Gasteiger partial charge in [-0.25, -0.2) is 9.97 Å². The standard InChI is InChI=1S/C22H22N4O3/c1-13-5-4-6-17(14(13)2)26-21-10-18(24-15(3)25-21)22(27)23-11-16-7-8-19-20(9-16)29-12-28-19/h4-10H,11-12H2,1-3H3,(H,23,27)(H,24,25,26). The van der Waals surface area contributed by atoms with E-state index < -0.39 is 0 Å². The molecule has 2 heterocycles. The monoisotopic (exact) mass is 390 g/mol. The predicted molar refractivity (Wildman–Crippen MR) is 110 cm³/mol. The predicted octanol–water partition coefficient (Wildman–Crippen LogP) is 3.80. The molecule has 1 aliphatic rings. The van der Waals surface area contributed by atoms with E-state index in [1.807, 2.05) is 37.3 Å². The molecule has 148 valence electrons. The minimum absolute atomic E-state index is 0.224. The van der Waals surface area contributed by atoms with Gasteiger partial charge in [-0.3, -0.25) is 4.79 Å². The number of amides is 1. The molecule has 1 aliphatic heterocycles. The van der Waals surface area contributed by atoms with Gasteiger partial charge in [-0.15, -0.1) is 0 Å². The summed E-state index contributed by atoms with van der Waals surface area (Å²) in [6, 6.07) is 13.3. The van der Waals surface area contributed by atoms with Crippen molar-refractivity contribution in [3.8, 4) is 11.5 Å². The number of fused-ring (bicyclic) bond motifs is 1. The molecular weight excluding hydrogens is 368 g/mol. The number of anilines is 2. The van der Waals surface area contributed by atoms with Gasteiger partial charge in [0, 0.05) is 18.3 Å². The van der Waals surface area contributed by atoms with E-state index in [4.69, 9.17) is 9.47 Å². The minimum atomic E-state index is -0.266. The number of hydrogen-bond donors (Lipinski definition) is 2. The van der Waals surface area contributed by atoms with Gasteiger partial charge < -0.3 is 20.1 Å². The van der Waals surface area contributed by atoms with Crippen molar-refractivity contribution in [2.24, 2.45) is 0 Å². The van der Waals surface area contributed by atoms with Crippen molar-refractivity contribution in [1.82, 2.24) is 15.3 Å². The van der Waals surface area contributed by atoms with Gasteiger partial charge in [-0.1, -0.05) is 18.2 Å². The zero-order chi connectivity index (χ0) is 20.4. The maximum atomic E-state index is 12.6. The van der Waals surface area contributed by atoms with Crippen LogP contribution in [0, 0.1) is 20.8 Å². The van der Waals surface area contributed by atoms with Crippen molar-refractivity contribution in [2.75, 3.05) is 12.1 Å². The fraction of sp³-hybridized carbons (Fsp3) is 0.227. The van der Waals surface area contributed by atoms with Crippen molar-refractivity contribution < 1.29 is 14.3 Å². The van der Waals surface area contributed by atoms with Crippen LogP contribution in [0.5, 0.6) is 11.5 Å². The normalized spacial score (nSPS) is 12.0. The Bertz CT molecular complexity index is 1080. The summed E-state index contributed by atoms with van der Waals surface area (Å²) in [6.45, 7) is 6.45. The van der Waals surface area contributed by atoms with Gasteiger partial charge in [0.25, 0.3) is 5.91 Å². The molecule has 0 atom stereocenters. The quantitative estimate of drug-likeness (QED) is 0.689. The van der Waals surface area contributed by atoms with Gasteiger partial charge in [-0.2, -0.15) is 0 Å². The fourth-order valence-corrected chi connectivity index (χ4v) is 3.10. The Hall–Kier alpha value is -3.61. The first kappa shape index (κ1) is 18.7. The summed E-state index contributed by atoms with van der Waals surface area (Å²) in [4.78, 5) is 21.3. The van der Waals surface area contributed by atoms with Crippen LogP contribution in [-0.2, 0) is 6.54 Å². The van der Waals surface area contributed by atoms with E-state index in [-0.39, 0.29) is 12.7 Å². The summed E-state index contributed by atoms with van der Waals surface area (Å²) in [5, 5.41) is 6.18. The van der Waals surface area contributed by atoms with Crippen LogP contribution in [0.2, 0.25) is 0 Å². The minimum Gasteiger partial charge on any atom is -0.454 e. The number of rotatable bonds is 5. The molecule has 0 spiro atoms. The van der Waals surface area contributed by atoms with Gasteiger partial charge in [0.15, 0.2) is 11.5 Å². The van der Waals surface area contributed by atoms with Crippen LogP contribution in [0.25, 0.3) is 0 Å². The molecule has 0 unspecified atom stereocenters. The zero-order valence-electron chi connectivity index (χ0n) is 16.6. The maximum Gasteiger partial charge on any atom is 0.270 e. The Morgan fingerprint density at radius 2 is 1.86 bits per heavy atom. The smallest absolute Gasteiger partial charge is 0.270 e. The average molecular weight is 390 g/mol. The molecule has 0 bridgehead atoms. The number of carbonyl (C=O) groups is 1. The van der Waals surface area contributed by atoms with Crippen LogP contribution >= 0.6 is 0 Å². The van der Waals surface area contributed by atoms with Crippen LogP contribution in [0.1, 0.15) is 33.0 Å². The number of benzene rings is 2. The lowest BCUT2D eigenvalue weighted by atomic mass is 10.1. The van der Waals surface area contributed by atoms with Crippen LogP contribution in [-0.4, -0.2) is 22.7 Å². The van der Waals surface area contributed by atoms with Crippen molar-refractivity contribution in [2.45, 2.75) is 27.3 Å². The van der Waals surface area contributed by atoms with E-state index in [0.717, 1.165) is 16.8 Å². The summed E-state index contributed by atoms with van der Waals surface area (Å²) >= 11 is 0. The lowest BCUT2D eigenvalue weighted by Crippen LogP contribution is -2.24. The van der Waals surface area contributed by atoms with Crippen LogP contribution in [0.15, 0.2) is 42.5 Å². The Morgan fingerprint density at radius 3 is 2.72 bits per heavy atom. The third-order valence-electron chi connectivity index (χ3n) is 4.83. The third-order valence-corrected chi connectivity index (χ3v) is 4.83. The Labute approximate surface area is 169 Å². The van der Waals surface area contributed by atoms with Gasteiger partial charge in [-0.05, 0) is 55.7 Å². The van der Waals surface area contributed by atoms with Crippen LogP contribution < -0.4 is 20.1 Å². The molecule has 7 heteroatoms. The lowest BCUT2D eigenvalue weighted by Gasteiger charge is -2.12. The number of carbonyl (C=O) groups excluding carboxylic acids is 1. The summed E-state index contributed by atoms with van der Waals surface area (Å²) in [6.07, 6.45) is 0. The molecular formula is C22H22N4O3. The van der Waals surface area contributed by atoms with Gasteiger partial charge in [0.1, 0.15) is 17.3 Å². The molecule has 4 rings (SSSR count). The maximum absolute atomic E-state index is 12.6. The van der Waals surface area contributed by atoms with Crippen molar-refractivity contribution in [3.63, 3.8) is 0 Å². The molecule has 29 heavy (non-hydrogen) atoms. The lowest BCUT2D eigenvalue weighted by molar-refractivity contribution is 0.0945. The zero-order valence-corrected chi connectivity index (χ0v) is 16.6. The number of ether oxygens (including phenoxy) is 2. The van der Waals surface area contributed by atoms with Crippen molar-refractivity contribution in [3.05, 3.63) is 70.7 Å². The summed E-state index contributed by atoms with van der Waals surface area (Å²) in [7, 11) is 0. The molecule has 0 fully saturated rings. The molecule has 0 aliphatic carbocycles. The molecule has 3 aromatic rings. The molecule has 0 saturated heterocycles. The SMILES string of the molecule is Cc1nc(Nc2cccc(C)c2C)cc(C(=O)NCc2ccc3c(c2)OCO3)n1. The summed E-state index contributed by atoms with van der Waals surface area (Å²) in [5.74, 6) is 2.24. The average Bonchev–Trinajstić information content (AvgIpc) is 3.17. The van der Waals surface area contributed by atoms with Gasteiger partial charge >= 0.3 is 0 Å². The first-order valence-electron chi connectivity index (χ1n) is 9.35. The first-order chi connectivity index (χ1) is 14.0. The Kier molecular flexibility index (Phi) is 5.03. The van der Waals surface area contributed by atoms with E-state index in [0.29, 0.717) is 35.4 Å². The molecule has 0 radical (unpaired) electrons. The Morgan fingerprint density at radius 1 is 1.03 bits per heavy atom. The summed E-state index contributed by atoms with van der Waals surface area (Å²) < 4.78 is 10.7. The van der Waals surface area contributed by atoms with E-state index in [1.165, 1.54) is 5.56 Å². The molecule has 1 aromatic heterocycles. The topological polar surface area (TPSA) is 85.4 Å². The van der Waals surface area contributed by atoms with Gasteiger partial charge in [0.2, 0.25) is 6.79 Å². The highest BCUT2D eigenvalue weighted by atomic mass is 16.7. The molecule has 7 nitrogen and oxygen atoms in total. The largest absolute Gasteiger partial charge is 0.454 e. The second kappa shape index (κ2) is 7.79. The fourth-order valence-electron chi connectivity index (χ4n) is 3.10. The number of hydrogen-bond acceptors (Lipinski definition) is 6. The number of nitrogens with zero attached hydrogens (tertiary/aromatic N) is 2. The van der Waals surface area contributed by atoms with Crippen molar-refractivity contribution >= 4 is 17.4 Å². The number of aromatic nitrogens is 2. The molecule has 2 N–H and O–H groups in total. The van der Waals surface area contributed by atoms with E-state index in [2.05, 4.69) is 33.6 Å². The van der Waals surface area contributed by atoms with Gasteiger partial charge in [0.05, 0.1) is 0 Å². The van der Waals surface area contributed by atoms with Crippen molar-refractivity contribution in [1.29, 1.82) is 0 Å². The molecule has 2 aromatic carbocycles. The first-order valence-corrected chi connectivity index (χ1v) is 9.35. The summed E-state index contributed by atoms with van der Waals surface area (Å²) in [5.41, 5.74) is 4.50.